The maximum atomic E-state index is 12.4. The third-order valence-corrected chi connectivity index (χ3v) is 5.15. The Bertz CT molecular complexity index is 920. The van der Waals surface area contributed by atoms with Crippen molar-refractivity contribution >= 4 is 51.7 Å². The quantitative estimate of drug-likeness (QED) is 0.596. The van der Waals surface area contributed by atoms with Crippen LogP contribution in [0.3, 0.4) is 0 Å². The topological polar surface area (TPSA) is 143 Å². The fraction of sp³-hybridized carbons (Fsp3) is 0.444. The lowest BCUT2D eigenvalue weighted by Gasteiger charge is -2.11. The molecule has 1 aliphatic rings. The van der Waals surface area contributed by atoms with Gasteiger partial charge in [0.2, 0.25) is 5.91 Å². The van der Waals surface area contributed by atoms with Crippen molar-refractivity contribution in [3.05, 3.63) is 16.0 Å². The van der Waals surface area contributed by atoms with Gasteiger partial charge in [0.15, 0.2) is 6.61 Å². The number of carbonyl (C=O) groups excluding carboxylic acids is 5. The first kappa shape index (κ1) is 23.0. The Morgan fingerprint density at radius 1 is 1.17 bits per heavy atom. The second-order valence-corrected chi connectivity index (χ2v) is 7.42. The van der Waals surface area contributed by atoms with Crippen LogP contribution in [0.2, 0.25) is 0 Å². The minimum absolute atomic E-state index is 0.000414. The second kappa shape index (κ2) is 9.96. The molecule has 0 fully saturated rings. The summed E-state index contributed by atoms with van der Waals surface area (Å²) in [4.78, 5) is 61.6. The van der Waals surface area contributed by atoms with Crippen molar-refractivity contribution in [3.63, 3.8) is 0 Å². The molecule has 0 atom stereocenters. The molecule has 162 valence electrons. The molecular weight excluding hydrogens is 416 g/mol. The number of esters is 2. The molecule has 0 aliphatic carbocycles. The van der Waals surface area contributed by atoms with Gasteiger partial charge in [-0.1, -0.05) is 0 Å². The van der Waals surface area contributed by atoms with Crippen molar-refractivity contribution in [3.8, 4) is 0 Å². The molecule has 2 rings (SSSR count). The van der Waals surface area contributed by atoms with E-state index in [0.29, 0.717) is 5.56 Å². The molecule has 1 aromatic heterocycles. The van der Waals surface area contributed by atoms with E-state index in [2.05, 4.69) is 15.8 Å². The lowest BCUT2D eigenvalue weighted by atomic mass is 10.1. The first-order valence-electron chi connectivity index (χ1n) is 9.00. The summed E-state index contributed by atoms with van der Waals surface area (Å²) in [6.07, 6.45) is 0.208. The maximum Gasteiger partial charge on any atom is 0.355 e. The fourth-order valence-corrected chi connectivity index (χ4v) is 3.69. The molecule has 0 saturated heterocycles. The zero-order valence-electron chi connectivity index (χ0n) is 17.0. The van der Waals surface area contributed by atoms with Crippen LogP contribution in [0.5, 0.6) is 0 Å². The number of thiophene rings is 1. The van der Waals surface area contributed by atoms with Gasteiger partial charge in [-0.15, -0.1) is 11.3 Å². The summed E-state index contributed by atoms with van der Waals surface area (Å²) >= 11 is 0.932. The monoisotopic (exact) mass is 438 g/mol. The van der Waals surface area contributed by atoms with E-state index in [0.717, 1.165) is 11.3 Å². The van der Waals surface area contributed by atoms with Crippen molar-refractivity contribution in [1.82, 2.24) is 10.3 Å². The predicted molar refractivity (Wildman–Crippen MR) is 107 cm³/mol. The van der Waals surface area contributed by atoms with Gasteiger partial charge in [-0.2, -0.15) is 5.10 Å². The summed E-state index contributed by atoms with van der Waals surface area (Å²) in [5.74, 6) is -2.86. The van der Waals surface area contributed by atoms with Gasteiger partial charge in [0.05, 0.1) is 17.0 Å². The molecule has 0 unspecified atom stereocenters. The predicted octanol–water partition coefficient (Wildman–Crippen LogP) is 0.683. The third kappa shape index (κ3) is 5.41. The lowest BCUT2D eigenvalue weighted by Crippen LogP contribution is -2.32. The smallest absolute Gasteiger partial charge is 0.355 e. The number of carbonyl (C=O) groups is 5. The fourth-order valence-electron chi connectivity index (χ4n) is 2.46. The largest absolute Gasteiger partial charge is 0.462 e. The number of ether oxygens (including phenoxy) is 2. The maximum absolute atomic E-state index is 12.4. The van der Waals surface area contributed by atoms with Crippen LogP contribution in [0, 0.1) is 6.92 Å². The molecule has 0 aromatic carbocycles. The highest BCUT2D eigenvalue weighted by Gasteiger charge is 2.28. The Hall–Kier alpha value is -3.28. The zero-order chi connectivity index (χ0) is 22.4. The first-order valence-corrected chi connectivity index (χ1v) is 9.81. The van der Waals surface area contributed by atoms with Gasteiger partial charge < -0.3 is 19.7 Å². The molecule has 1 aliphatic heterocycles. The minimum atomic E-state index is -0.832. The van der Waals surface area contributed by atoms with Crippen LogP contribution in [0.4, 0.5) is 5.00 Å². The van der Waals surface area contributed by atoms with Gasteiger partial charge in [0, 0.05) is 26.9 Å². The molecule has 0 saturated carbocycles. The highest BCUT2D eigenvalue weighted by molar-refractivity contribution is 7.18. The molecule has 0 spiro atoms. The van der Waals surface area contributed by atoms with Crippen molar-refractivity contribution in [2.75, 3.05) is 32.6 Å². The summed E-state index contributed by atoms with van der Waals surface area (Å²) in [5, 5.41) is 6.21. The number of nitrogens with one attached hydrogen (secondary N) is 2. The molecular formula is C18H22N4O7S. The second-order valence-electron chi connectivity index (χ2n) is 6.40. The number of rotatable bonds is 7. The van der Waals surface area contributed by atoms with Crippen LogP contribution in [-0.2, 0) is 23.9 Å². The van der Waals surface area contributed by atoms with Gasteiger partial charge in [-0.05, 0) is 19.4 Å². The Morgan fingerprint density at radius 3 is 2.43 bits per heavy atom. The minimum Gasteiger partial charge on any atom is -0.462 e. The van der Waals surface area contributed by atoms with Gasteiger partial charge in [0.1, 0.15) is 10.7 Å². The summed E-state index contributed by atoms with van der Waals surface area (Å²) in [6, 6.07) is 0. The van der Waals surface area contributed by atoms with Gasteiger partial charge in [-0.3, -0.25) is 14.4 Å². The molecule has 3 amide bonds. The van der Waals surface area contributed by atoms with Crippen LogP contribution in [0.15, 0.2) is 5.10 Å². The molecule has 0 radical (unpaired) electrons. The average molecular weight is 438 g/mol. The standard InChI is InChI=1S/C18H22N4O7S/c1-5-28-18(27)13-9(2)14(16(25)22(3)4)30-15(13)19-12(24)8-29-17(26)10-6-7-11(23)21-20-10/h5-8H2,1-4H3,(H,19,24)(H,21,23). The molecule has 30 heavy (non-hydrogen) atoms. The van der Waals surface area contributed by atoms with E-state index in [-0.39, 0.29) is 52.4 Å². The Kier molecular flexibility index (Phi) is 7.64. The molecule has 11 nitrogen and oxygen atoms in total. The van der Waals surface area contributed by atoms with E-state index >= 15 is 0 Å². The number of anilines is 1. The Labute approximate surface area is 176 Å². The summed E-state index contributed by atoms with van der Waals surface area (Å²) in [5.41, 5.74) is 2.62. The lowest BCUT2D eigenvalue weighted by molar-refractivity contribution is -0.140. The van der Waals surface area contributed by atoms with E-state index in [1.54, 1.807) is 27.9 Å². The third-order valence-electron chi connectivity index (χ3n) is 3.95. The number of nitrogens with zero attached hydrogens (tertiary/aromatic N) is 2. The van der Waals surface area contributed by atoms with Crippen LogP contribution in [-0.4, -0.2) is 67.6 Å². The van der Waals surface area contributed by atoms with E-state index < -0.39 is 24.5 Å². The first-order chi connectivity index (χ1) is 14.1. The Morgan fingerprint density at radius 2 is 1.87 bits per heavy atom. The highest BCUT2D eigenvalue weighted by atomic mass is 32.1. The number of hydrogen-bond donors (Lipinski definition) is 2. The van der Waals surface area contributed by atoms with E-state index in [4.69, 9.17) is 9.47 Å². The van der Waals surface area contributed by atoms with Gasteiger partial charge in [0.25, 0.3) is 11.8 Å². The van der Waals surface area contributed by atoms with E-state index in [1.807, 2.05) is 0 Å². The average Bonchev–Trinajstić information content (AvgIpc) is 3.01. The molecule has 0 bridgehead atoms. The number of hydrogen-bond acceptors (Lipinski definition) is 9. The van der Waals surface area contributed by atoms with Crippen LogP contribution in [0.25, 0.3) is 0 Å². The summed E-state index contributed by atoms with van der Waals surface area (Å²) in [7, 11) is 3.14. The van der Waals surface area contributed by atoms with Crippen molar-refractivity contribution in [2.24, 2.45) is 5.10 Å². The molecule has 2 heterocycles. The number of hydrazone groups is 1. The van der Waals surface area contributed by atoms with Crippen molar-refractivity contribution in [1.29, 1.82) is 0 Å². The normalized spacial score (nSPS) is 13.1. The van der Waals surface area contributed by atoms with Crippen LogP contribution < -0.4 is 10.7 Å². The Balaban J connectivity index is 2.13. The molecule has 1 aromatic rings. The summed E-state index contributed by atoms with van der Waals surface area (Å²) < 4.78 is 9.93. The molecule has 2 N–H and O–H groups in total. The van der Waals surface area contributed by atoms with Gasteiger partial charge >= 0.3 is 11.9 Å². The molecule has 12 heteroatoms. The van der Waals surface area contributed by atoms with Crippen LogP contribution >= 0.6 is 11.3 Å². The number of amides is 3. The van der Waals surface area contributed by atoms with E-state index in [9.17, 15) is 24.0 Å². The van der Waals surface area contributed by atoms with Crippen molar-refractivity contribution in [2.45, 2.75) is 26.7 Å². The SMILES string of the molecule is CCOC(=O)c1c(NC(=O)COC(=O)C2=NNC(=O)CC2)sc(C(=O)N(C)C)c1C. The summed E-state index contributed by atoms with van der Waals surface area (Å²) in [6.45, 7) is 2.71. The zero-order valence-corrected chi connectivity index (χ0v) is 17.8. The van der Waals surface area contributed by atoms with E-state index in [1.165, 1.54) is 4.90 Å². The van der Waals surface area contributed by atoms with Crippen LogP contribution in [0.1, 0.15) is 45.4 Å². The van der Waals surface area contributed by atoms with Crippen molar-refractivity contribution < 1.29 is 33.4 Å². The highest BCUT2D eigenvalue weighted by Crippen LogP contribution is 2.34. The van der Waals surface area contributed by atoms with Gasteiger partial charge in [-0.25, -0.2) is 15.0 Å².